The largest absolute Gasteiger partial charge is 0.481 e. The summed E-state index contributed by atoms with van der Waals surface area (Å²) in [6.45, 7) is 7.73. The molecule has 2 unspecified atom stereocenters. The van der Waals surface area contributed by atoms with Crippen LogP contribution in [0.25, 0.3) is 0 Å². The van der Waals surface area contributed by atoms with Gasteiger partial charge in [0.2, 0.25) is 5.91 Å². The molecule has 0 aromatic heterocycles. The first-order chi connectivity index (χ1) is 8.32. The van der Waals surface area contributed by atoms with Crippen LogP contribution in [0, 0.1) is 5.92 Å². The molecule has 1 aliphatic rings. The van der Waals surface area contributed by atoms with E-state index in [2.05, 4.69) is 13.8 Å². The molecule has 0 bridgehead atoms. The van der Waals surface area contributed by atoms with E-state index in [4.69, 9.17) is 5.11 Å². The molecule has 1 rings (SSSR count). The van der Waals surface area contributed by atoms with Gasteiger partial charge in [-0.05, 0) is 26.3 Å². The Bertz CT molecular complexity index is 317. The minimum atomic E-state index is -0.918. The second-order valence-electron chi connectivity index (χ2n) is 5.62. The Morgan fingerprint density at radius 1 is 1.50 bits per heavy atom. The van der Waals surface area contributed by atoms with E-state index in [9.17, 15) is 9.59 Å². The van der Waals surface area contributed by atoms with Gasteiger partial charge in [-0.2, -0.15) is 0 Å². The van der Waals surface area contributed by atoms with Crippen LogP contribution in [0.1, 0.15) is 33.6 Å². The molecule has 1 amide bonds. The smallest absolute Gasteiger partial charge is 0.305 e. The molecule has 1 aliphatic heterocycles. The van der Waals surface area contributed by atoms with Gasteiger partial charge in [-0.15, -0.1) is 0 Å². The Balaban J connectivity index is 2.71. The van der Waals surface area contributed by atoms with Gasteiger partial charge in [0.05, 0.1) is 12.5 Å². The molecule has 0 saturated carbocycles. The van der Waals surface area contributed by atoms with E-state index in [1.807, 2.05) is 23.8 Å². The van der Waals surface area contributed by atoms with Crippen LogP contribution in [-0.2, 0) is 9.59 Å². The normalized spacial score (nSPS) is 25.8. The zero-order valence-corrected chi connectivity index (χ0v) is 11.7. The van der Waals surface area contributed by atoms with E-state index in [1.54, 1.807) is 0 Å². The average Bonchev–Trinajstić information content (AvgIpc) is 2.23. The number of likely N-dealkylation sites (N-methyl/N-ethyl adjacent to an activating group) is 1. The van der Waals surface area contributed by atoms with E-state index in [0.717, 1.165) is 19.5 Å². The average molecular weight is 256 g/mol. The molecule has 104 valence electrons. The molecule has 0 aromatic carbocycles. The third-order valence-electron chi connectivity index (χ3n) is 3.50. The van der Waals surface area contributed by atoms with Gasteiger partial charge in [0.1, 0.15) is 0 Å². The van der Waals surface area contributed by atoms with Crippen molar-refractivity contribution in [2.75, 3.05) is 20.1 Å². The predicted octanol–water partition coefficient (Wildman–Crippen LogP) is 1.04. The highest BCUT2D eigenvalue weighted by Crippen LogP contribution is 2.19. The summed E-state index contributed by atoms with van der Waals surface area (Å²) >= 11 is 0. The topological polar surface area (TPSA) is 60.9 Å². The van der Waals surface area contributed by atoms with Gasteiger partial charge < -0.3 is 10.0 Å². The Morgan fingerprint density at radius 2 is 2.11 bits per heavy atom. The first kappa shape index (κ1) is 15.0. The van der Waals surface area contributed by atoms with Crippen molar-refractivity contribution in [3.05, 3.63) is 0 Å². The number of carboxylic acid groups (broad SMARTS) is 1. The molecule has 1 N–H and O–H groups in total. The van der Waals surface area contributed by atoms with Crippen molar-refractivity contribution in [2.24, 2.45) is 5.92 Å². The summed E-state index contributed by atoms with van der Waals surface area (Å²) in [6.07, 6.45) is 0.847. The van der Waals surface area contributed by atoms with E-state index < -0.39 is 12.0 Å². The molecule has 5 heteroatoms. The highest BCUT2D eigenvalue weighted by Gasteiger charge is 2.37. The second-order valence-corrected chi connectivity index (χ2v) is 5.62. The summed E-state index contributed by atoms with van der Waals surface area (Å²) in [5.41, 5.74) is 0. The summed E-state index contributed by atoms with van der Waals surface area (Å²) in [6, 6.07) is -0.350. The van der Waals surface area contributed by atoms with Crippen molar-refractivity contribution in [2.45, 2.75) is 45.7 Å². The van der Waals surface area contributed by atoms with E-state index in [-0.39, 0.29) is 18.4 Å². The van der Waals surface area contributed by atoms with Crippen molar-refractivity contribution in [1.82, 2.24) is 9.80 Å². The van der Waals surface area contributed by atoms with Crippen LogP contribution in [-0.4, -0.2) is 59.0 Å². The zero-order valence-electron chi connectivity index (χ0n) is 11.7. The molecule has 0 spiro atoms. The van der Waals surface area contributed by atoms with Crippen LogP contribution in [0.5, 0.6) is 0 Å². The highest BCUT2D eigenvalue weighted by atomic mass is 16.4. The number of carbonyl (C=O) groups excluding carboxylic acids is 1. The SMILES string of the molecule is CC(C)CCN1C(=O)C(CC(=O)O)N(C)CC1C. The number of hydrogen-bond donors (Lipinski definition) is 1. The number of amides is 1. The fraction of sp³-hybridized carbons (Fsp3) is 0.846. The maximum atomic E-state index is 12.3. The summed E-state index contributed by atoms with van der Waals surface area (Å²) in [4.78, 5) is 26.8. The summed E-state index contributed by atoms with van der Waals surface area (Å²) in [5.74, 6) is -0.416. The van der Waals surface area contributed by atoms with Crippen LogP contribution in [0.4, 0.5) is 0 Å². The van der Waals surface area contributed by atoms with E-state index in [1.165, 1.54) is 0 Å². The van der Waals surface area contributed by atoms with Gasteiger partial charge >= 0.3 is 5.97 Å². The monoisotopic (exact) mass is 256 g/mol. The van der Waals surface area contributed by atoms with Gasteiger partial charge in [0, 0.05) is 19.1 Å². The molecule has 18 heavy (non-hydrogen) atoms. The molecule has 0 aromatic rings. The molecule has 2 atom stereocenters. The lowest BCUT2D eigenvalue weighted by Crippen LogP contribution is -2.60. The van der Waals surface area contributed by atoms with Crippen molar-refractivity contribution in [3.8, 4) is 0 Å². The minimum Gasteiger partial charge on any atom is -0.481 e. The summed E-state index contributed by atoms with van der Waals surface area (Å²) in [5, 5.41) is 8.87. The van der Waals surface area contributed by atoms with Crippen LogP contribution >= 0.6 is 0 Å². The standard InChI is InChI=1S/C13H24N2O3/c1-9(2)5-6-15-10(3)8-14(4)11(13(15)18)7-12(16)17/h9-11H,5-8H2,1-4H3,(H,16,17). The highest BCUT2D eigenvalue weighted by molar-refractivity contribution is 5.87. The Labute approximate surface area is 109 Å². The van der Waals surface area contributed by atoms with Gasteiger partial charge in [-0.25, -0.2) is 0 Å². The summed E-state index contributed by atoms with van der Waals surface area (Å²) < 4.78 is 0. The number of carboxylic acids is 1. The third-order valence-corrected chi connectivity index (χ3v) is 3.50. The van der Waals surface area contributed by atoms with Gasteiger partial charge in [-0.1, -0.05) is 13.8 Å². The molecule has 1 fully saturated rings. The number of aliphatic carboxylic acids is 1. The third kappa shape index (κ3) is 3.70. The van der Waals surface area contributed by atoms with Crippen molar-refractivity contribution < 1.29 is 14.7 Å². The lowest BCUT2D eigenvalue weighted by molar-refractivity contribution is -0.151. The Hall–Kier alpha value is -1.10. The molecule has 5 nitrogen and oxygen atoms in total. The van der Waals surface area contributed by atoms with Crippen LogP contribution in [0.2, 0.25) is 0 Å². The molecule has 0 radical (unpaired) electrons. The number of carbonyl (C=O) groups is 2. The minimum absolute atomic E-state index is 0.0423. The molecular weight excluding hydrogens is 232 g/mol. The quantitative estimate of drug-likeness (QED) is 0.798. The fourth-order valence-corrected chi connectivity index (χ4v) is 2.38. The number of rotatable bonds is 5. The molecule has 0 aliphatic carbocycles. The number of nitrogens with zero attached hydrogens (tertiary/aromatic N) is 2. The van der Waals surface area contributed by atoms with Crippen molar-refractivity contribution in [3.63, 3.8) is 0 Å². The molecule has 1 saturated heterocycles. The van der Waals surface area contributed by atoms with Crippen molar-refractivity contribution in [1.29, 1.82) is 0 Å². The zero-order chi connectivity index (χ0) is 13.9. The first-order valence-corrected chi connectivity index (χ1v) is 6.55. The second kappa shape index (κ2) is 6.18. The van der Waals surface area contributed by atoms with Crippen molar-refractivity contribution >= 4 is 11.9 Å². The summed E-state index contributed by atoms with van der Waals surface area (Å²) in [7, 11) is 1.82. The van der Waals surface area contributed by atoms with Gasteiger partial charge in [0.25, 0.3) is 0 Å². The predicted molar refractivity (Wildman–Crippen MR) is 69.3 cm³/mol. The first-order valence-electron chi connectivity index (χ1n) is 6.55. The van der Waals surface area contributed by atoms with Gasteiger partial charge in [0.15, 0.2) is 0 Å². The molecular formula is C13H24N2O3. The lowest BCUT2D eigenvalue weighted by Gasteiger charge is -2.43. The maximum absolute atomic E-state index is 12.3. The number of piperazine rings is 1. The van der Waals surface area contributed by atoms with E-state index >= 15 is 0 Å². The maximum Gasteiger partial charge on any atom is 0.305 e. The van der Waals surface area contributed by atoms with Gasteiger partial charge in [-0.3, -0.25) is 14.5 Å². The Morgan fingerprint density at radius 3 is 2.61 bits per heavy atom. The van der Waals surface area contributed by atoms with Crippen LogP contribution in [0.3, 0.4) is 0 Å². The van der Waals surface area contributed by atoms with Crippen LogP contribution in [0.15, 0.2) is 0 Å². The Kier molecular flexibility index (Phi) is 5.14. The fourth-order valence-electron chi connectivity index (χ4n) is 2.38. The molecule has 1 heterocycles. The number of hydrogen-bond acceptors (Lipinski definition) is 3. The van der Waals surface area contributed by atoms with Crippen LogP contribution < -0.4 is 0 Å². The van der Waals surface area contributed by atoms with E-state index in [0.29, 0.717) is 5.92 Å². The lowest BCUT2D eigenvalue weighted by atomic mass is 10.0.